The summed E-state index contributed by atoms with van der Waals surface area (Å²) in [5, 5.41) is 0. The molecule has 1 unspecified atom stereocenters. The molecule has 0 N–H and O–H groups in total. The lowest BCUT2D eigenvalue weighted by molar-refractivity contribution is -0.144. The highest BCUT2D eigenvalue weighted by molar-refractivity contribution is 5.79. The first kappa shape index (κ1) is 20.9. The molecule has 0 aliphatic carbocycles. The molecule has 5 heteroatoms. The fourth-order valence-corrected chi connectivity index (χ4v) is 5.08. The first-order valence-electron chi connectivity index (χ1n) is 10.8. The van der Waals surface area contributed by atoms with Gasteiger partial charge in [0.25, 0.3) is 0 Å². The molecule has 160 valence electrons. The van der Waals surface area contributed by atoms with Crippen LogP contribution in [0.15, 0.2) is 54.6 Å². The zero-order valence-corrected chi connectivity index (χ0v) is 18.4. The van der Waals surface area contributed by atoms with Gasteiger partial charge in [-0.05, 0) is 43.3 Å². The number of hydrogen-bond acceptors (Lipinski definition) is 4. The molecule has 0 bridgehead atoms. The lowest BCUT2D eigenvalue weighted by Gasteiger charge is -2.51. The third-order valence-corrected chi connectivity index (χ3v) is 6.60. The molecular formula is C25H33N3O2. The van der Waals surface area contributed by atoms with Gasteiger partial charge in [-0.3, -0.25) is 9.69 Å². The normalized spacial score (nSPS) is 20.5. The van der Waals surface area contributed by atoms with E-state index < -0.39 is 0 Å². The van der Waals surface area contributed by atoms with Crippen LogP contribution in [0, 0.1) is 11.3 Å². The Labute approximate surface area is 180 Å². The molecule has 1 atom stereocenters. The Hall–Kier alpha value is -2.37. The minimum Gasteiger partial charge on any atom is -0.497 e. The van der Waals surface area contributed by atoms with Gasteiger partial charge < -0.3 is 14.5 Å². The van der Waals surface area contributed by atoms with Crippen LogP contribution in [-0.2, 0) is 17.8 Å². The van der Waals surface area contributed by atoms with E-state index in [1.165, 1.54) is 5.56 Å². The Morgan fingerprint density at radius 3 is 2.37 bits per heavy atom. The van der Waals surface area contributed by atoms with Crippen LogP contribution in [0.3, 0.4) is 0 Å². The highest BCUT2D eigenvalue weighted by Crippen LogP contribution is 2.44. The second-order valence-electron chi connectivity index (χ2n) is 9.25. The molecule has 0 radical (unpaired) electrons. The van der Waals surface area contributed by atoms with Crippen molar-refractivity contribution in [2.24, 2.45) is 11.3 Å². The molecule has 1 spiro atoms. The average molecular weight is 408 g/mol. The van der Waals surface area contributed by atoms with Crippen LogP contribution in [0.5, 0.6) is 5.75 Å². The molecule has 2 fully saturated rings. The fourth-order valence-electron chi connectivity index (χ4n) is 5.08. The summed E-state index contributed by atoms with van der Waals surface area (Å²) in [5.41, 5.74) is 2.64. The molecule has 2 saturated heterocycles. The molecule has 30 heavy (non-hydrogen) atoms. The number of nitrogens with zero attached hydrogens (tertiary/aromatic N) is 3. The lowest BCUT2D eigenvalue weighted by atomic mass is 9.71. The first-order valence-corrected chi connectivity index (χ1v) is 10.8. The van der Waals surface area contributed by atoms with E-state index in [2.05, 4.69) is 59.1 Å². The van der Waals surface area contributed by atoms with Gasteiger partial charge in [-0.1, -0.05) is 42.5 Å². The summed E-state index contributed by atoms with van der Waals surface area (Å²) >= 11 is 0. The monoisotopic (exact) mass is 407 g/mol. The van der Waals surface area contributed by atoms with Crippen molar-refractivity contribution >= 4 is 5.91 Å². The van der Waals surface area contributed by atoms with Crippen molar-refractivity contribution < 1.29 is 9.53 Å². The average Bonchev–Trinajstić information content (AvgIpc) is 3.05. The SMILES string of the molecule is COc1ccc(CC(=O)N2CC3(CN(Cc4ccccc4)CC3CN(C)C)C2)cc1. The Bertz CT molecular complexity index is 844. The quantitative estimate of drug-likeness (QED) is 0.707. The van der Waals surface area contributed by atoms with Crippen LogP contribution in [-0.4, -0.2) is 74.5 Å². The van der Waals surface area contributed by atoms with E-state index in [4.69, 9.17) is 4.74 Å². The highest BCUT2D eigenvalue weighted by atomic mass is 16.5. The van der Waals surface area contributed by atoms with Crippen molar-refractivity contribution in [3.63, 3.8) is 0 Å². The third-order valence-electron chi connectivity index (χ3n) is 6.60. The second kappa shape index (κ2) is 8.78. The molecule has 2 aliphatic rings. The van der Waals surface area contributed by atoms with Gasteiger partial charge in [-0.15, -0.1) is 0 Å². The first-order chi connectivity index (χ1) is 14.5. The van der Waals surface area contributed by atoms with E-state index in [1.807, 2.05) is 24.3 Å². The molecule has 2 aliphatic heterocycles. The third kappa shape index (κ3) is 4.52. The van der Waals surface area contributed by atoms with E-state index in [1.54, 1.807) is 7.11 Å². The van der Waals surface area contributed by atoms with Crippen LogP contribution >= 0.6 is 0 Å². The zero-order valence-electron chi connectivity index (χ0n) is 18.4. The number of carbonyl (C=O) groups excluding carboxylic acids is 1. The minimum absolute atomic E-state index is 0.231. The van der Waals surface area contributed by atoms with Gasteiger partial charge in [0.1, 0.15) is 5.75 Å². The fraction of sp³-hybridized carbons (Fsp3) is 0.480. The topological polar surface area (TPSA) is 36.0 Å². The van der Waals surface area contributed by atoms with Crippen molar-refractivity contribution in [2.75, 3.05) is 53.9 Å². The van der Waals surface area contributed by atoms with Gasteiger partial charge in [-0.25, -0.2) is 0 Å². The summed E-state index contributed by atoms with van der Waals surface area (Å²) in [4.78, 5) is 19.8. The molecular weight excluding hydrogens is 374 g/mol. The number of amides is 1. The van der Waals surface area contributed by atoms with E-state index in [9.17, 15) is 4.79 Å². The van der Waals surface area contributed by atoms with Crippen LogP contribution in [0.4, 0.5) is 0 Å². The van der Waals surface area contributed by atoms with Gasteiger partial charge in [0.2, 0.25) is 5.91 Å². The molecule has 2 aromatic rings. The molecule has 1 amide bonds. The Morgan fingerprint density at radius 2 is 1.73 bits per heavy atom. The second-order valence-corrected chi connectivity index (χ2v) is 9.25. The van der Waals surface area contributed by atoms with Crippen molar-refractivity contribution in [3.8, 4) is 5.75 Å². The molecule has 2 aromatic carbocycles. The van der Waals surface area contributed by atoms with Gasteiger partial charge >= 0.3 is 0 Å². The molecule has 5 nitrogen and oxygen atoms in total. The van der Waals surface area contributed by atoms with E-state index in [-0.39, 0.29) is 11.3 Å². The van der Waals surface area contributed by atoms with Crippen molar-refractivity contribution in [3.05, 3.63) is 65.7 Å². The molecule has 0 saturated carbocycles. The lowest BCUT2D eigenvalue weighted by Crippen LogP contribution is -2.63. The zero-order chi connectivity index (χ0) is 21.1. The van der Waals surface area contributed by atoms with Crippen LogP contribution in [0.2, 0.25) is 0 Å². The Balaban J connectivity index is 1.38. The standard InChI is InChI=1S/C25H33N3O2/c1-26(2)15-22-16-27(14-21-7-5-4-6-8-21)17-25(22)18-28(19-25)24(29)13-20-9-11-23(30-3)12-10-20/h4-12,22H,13-19H2,1-3H3. The number of hydrogen-bond donors (Lipinski definition) is 0. The Kier molecular flexibility index (Phi) is 6.11. The minimum atomic E-state index is 0.231. The van der Waals surface area contributed by atoms with E-state index >= 15 is 0 Å². The number of benzene rings is 2. The molecule has 2 heterocycles. The highest BCUT2D eigenvalue weighted by Gasteiger charge is 2.54. The van der Waals surface area contributed by atoms with E-state index in [0.717, 1.165) is 50.6 Å². The summed E-state index contributed by atoms with van der Waals surface area (Å²) < 4.78 is 5.21. The van der Waals surface area contributed by atoms with Crippen LogP contribution in [0.25, 0.3) is 0 Å². The largest absolute Gasteiger partial charge is 0.497 e. The van der Waals surface area contributed by atoms with Gasteiger partial charge in [0, 0.05) is 44.7 Å². The summed E-state index contributed by atoms with van der Waals surface area (Å²) in [7, 11) is 5.96. The van der Waals surface area contributed by atoms with E-state index in [0.29, 0.717) is 12.3 Å². The van der Waals surface area contributed by atoms with Crippen molar-refractivity contribution in [1.82, 2.24) is 14.7 Å². The summed E-state index contributed by atoms with van der Waals surface area (Å²) in [6, 6.07) is 18.5. The van der Waals surface area contributed by atoms with Crippen LogP contribution < -0.4 is 4.74 Å². The summed E-state index contributed by atoms with van der Waals surface area (Å²) in [6.07, 6.45) is 0.464. The van der Waals surface area contributed by atoms with Gasteiger partial charge in [0.15, 0.2) is 0 Å². The number of methoxy groups -OCH3 is 1. The number of ether oxygens (including phenoxy) is 1. The predicted molar refractivity (Wildman–Crippen MR) is 119 cm³/mol. The maximum atomic E-state index is 12.9. The number of rotatable bonds is 7. The van der Waals surface area contributed by atoms with Gasteiger partial charge in [-0.2, -0.15) is 0 Å². The molecule has 4 rings (SSSR count). The number of carbonyl (C=O) groups is 1. The van der Waals surface area contributed by atoms with Gasteiger partial charge in [0.05, 0.1) is 13.5 Å². The van der Waals surface area contributed by atoms with Crippen molar-refractivity contribution in [1.29, 1.82) is 0 Å². The number of likely N-dealkylation sites (tertiary alicyclic amines) is 2. The maximum absolute atomic E-state index is 12.9. The molecule has 0 aromatic heterocycles. The maximum Gasteiger partial charge on any atom is 0.227 e. The summed E-state index contributed by atoms with van der Waals surface area (Å²) in [6.45, 7) is 6.01. The van der Waals surface area contributed by atoms with Crippen molar-refractivity contribution in [2.45, 2.75) is 13.0 Å². The Morgan fingerprint density at radius 1 is 1.03 bits per heavy atom. The predicted octanol–water partition coefficient (Wildman–Crippen LogP) is 2.76. The summed E-state index contributed by atoms with van der Waals surface area (Å²) in [5.74, 6) is 1.65. The smallest absolute Gasteiger partial charge is 0.227 e. The van der Waals surface area contributed by atoms with Crippen LogP contribution in [0.1, 0.15) is 11.1 Å².